The molecule has 1 aromatic carbocycles. The highest BCUT2D eigenvalue weighted by Gasteiger charge is 2.50. The van der Waals surface area contributed by atoms with Gasteiger partial charge in [-0.3, -0.25) is 9.69 Å². The summed E-state index contributed by atoms with van der Waals surface area (Å²) < 4.78 is 25.6. The molecule has 0 radical (unpaired) electrons. The Bertz CT molecular complexity index is 1210. The summed E-state index contributed by atoms with van der Waals surface area (Å²) in [5, 5.41) is 8.18. The molecule has 4 rings (SSSR count). The highest BCUT2D eigenvalue weighted by Crippen LogP contribution is 2.45. The molecule has 1 atom stereocenters. The molecule has 0 saturated carbocycles. The molecule has 2 saturated heterocycles. The summed E-state index contributed by atoms with van der Waals surface area (Å²) in [6.07, 6.45) is 4.93. The van der Waals surface area contributed by atoms with Crippen molar-refractivity contribution < 1.29 is 18.7 Å². The lowest BCUT2D eigenvalue weighted by Crippen LogP contribution is -2.58. The number of halogens is 1. The van der Waals surface area contributed by atoms with Crippen molar-refractivity contribution in [3.63, 3.8) is 0 Å². The molecule has 1 spiro atoms. The molecule has 1 amide bonds. The monoisotopic (exact) mass is 599 g/mol. The highest BCUT2D eigenvalue weighted by atomic mass is 19.1. The van der Waals surface area contributed by atoms with E-state index in [4.69, 9.17) is 9.47 Å². The predicted octanol–water partition coefficient (Wildman–Crippen LogP) is 4.57. The third kappa shape index (κ3) is 7.99. The molecule has 43 heavy (non-hydrogen) atoms. The predicted molar refractivity (Wildman–Crippen MR) is 166 cm³/mol. The van der Waals surface area contributed by atoms with Gasteiger partial charge in [-0.25, -0.2) is 9.37 Å². The largest absolute Gasteiger partial charge is 0.434 e. The van der Waals surface area contributed by atoms with Gasteiger partial charge < -0.3 is 24.2 Å². The fourth-order valence-corrected chi connectivity index (χ4v) is 6.59. The lowest BCUT2D eigenvalue weighted by molar-refractivity contribution is 0.0713. The number of likely N-dealkylation sites (tertiary alicyclic amines) is 1. The lowest BCUT2D eigenvalue weighted by Gasteiger charge is -2.49. The van der Waals surface area contributed by atoms with Gasteiger partial charge >= 0.3 is 0 Å². The van der Waals surface area contributed by atoms with Gasteiger partial charge in [-0.05, 0) is 84.3 Å². The number of ether oxygens (including phenoxy) is 2. The van der Waals surface area contributed by atoms with E-state index in [1.807, 2.05) is 20.8 Å². The number of hydrogen-bond donors (Lipinski definition) is 0. The van der Waals surface area contributed by atoms with Crippen LogP contribution in [0.4, 0.5) is 10.2 Å². The van der Waals surface area contributed by atoms with Gasteiger partial charge in [0.25, 0.3) is 11.8 Å². The van der Waals surface area contributed by atoms with Gasteiger partial charge in [-0.15, -0.1) is 10.2 Å². The van der Waals surface area contributed by atoms with Crippen LogP contribution in [-0.2, 0) is 4.74 Å². The molecule has 0 N–H and O–H groups in total. The summed E-state index contributed by atoms with van der Waals surface area (Å²) in [7, 11) is 3.91. The first-order valence-corrected chi connectivity index (χ1v) is 15.7. The maximum absolute atomic E-state index is 14.3. The third-order valence-electron chi connectivity index (χ3n) is 8.95. The number of amides is 1. The number of methoxy groups -OCH3 is 1. The second-order valence-corrected chi connectivity index (χ2v) is 12.8. The first kappa shape index (κ1) is 33.0. The van der Waals surface area contributed by atoms with Crippen molar-refractivity contribution in [3.8, 4) is 11.6 Å². The maximum atomic E-state index is 14.3. The van der Waals surface area contributed by atoms with Crippen molar-refractivity contribution in [2.75, 3.05) is 71.5 Å². The standard InChI is InChI=1S/C32H50FN7O3/c1-8-40(24(4)5)31(41)26-18-25(33)11-12-28(26)43-30-29(34-22-35-36-30)39-20-32(21-39)13-15-38(19-32)27(23(2)3)10-9-14-37(6)16-17-42-7/h11-12,18,22-24,27H,8-10,13-17,19-21H2,1-7H3. The molecule has 0 aliphatic carbocycles. The first-order valence-electron chi connectivity index (χ1n) is 15.7. The Kier molecular flexibility index (Phi) is 11.3. The van der Waals surface area contributed by atoms with E-state index in [0.29, 0.717) is 24.3 Å². The van der Waals surface area contributed by atoms with E-state index in [1.54, 1.807) is 12.0 Å². The molecule has 2 fully saturated rings. The smallest absolute Gasteiger partial charge is 0.282 e. The molecular weight excluding hydrogens is 549 g/mol. The summed E-state index contributed by atoms with van der Waals surface area (Å²) in [4.78, 5) is 26.7. The summed E-state index contributed by atoms with van der Waals surface area (Å²) in [5.74, 6) is 0.857. The van der Waals surface area contributed by atoms with Crippen molar-refractivity contribution in [1.82, 2.24) is 29.9 Å². The fourth-order valence-electron chi connectivity index (χ4n) is 6.59. The highest BCUT2D eigenvalue weighted by molar-refractivity contribution is 5.97. The number of nitrogens with zero attached hydrogens (tertiary/aromatic N) is 7. The second kappa shape index (κ2) is 14.7. The van der Waals surface area contributed by atoms with Gasteiger partial charge in [-0.1, -0.05) is 13.8 Å². The summed E-state index contributed by atoms with van der Waals surface area (Å²) >= 11 is 0. The molecule has 1 aromatic heterocycles. The molecule has 238 valence electrons. The van der Waals surface area contributed by atoms with E-state index in [2.05, 4.69) is 50.8 Å². The molecular formula is C32H50FN7O3. The van der Waals surface area contributed by atoms with Gasteiger partial charge in [0.05, 0.1) is 12.2 Å². The Morgan fingerprint density at radius 3 is 2.60 bits per heavy atom. The zero-order valence-corrected chi connectivity index (χ0v) is 27.1. The molecule has 2 aliphatic rings. The van der Waals surface area contributed by atoms with Crippen LogP contribution >= 0.6 is 0 Å². The SMILES string of the molecule is CCN(C(=O)c1cc(F)ccc1Oc1nncnc1N1CC2(CCN(C(CCCN(C)CCOC)C(C)C)C2)C1)C(C)C. The number of carbonyl (C=O) groups is 1. The molecule has 0 bridgehead atoms. The molecule has 11 heteroatoms. The number of likely N-dealkylation sites (N-methyl/N-ethyl adjacent to an activating group) is 1. The van der Waals surface area contributed by atoms with Crippen LogP contribution in [0.3, 0.4) is 0 Å². The van der Waals surface area contributed by atoms with Gasteiger partial charge in [0.2, 0.25) is 0 Å². The van der Waals surface area contributed by atoms with Crippen LogP contribution in [0.2, 0.25) is 0 Å². The number of anilines is 1. The second-order valence-electron chi connectivity index (χ2n) is 12.8. The summed E-state index contributed by atoms with van der Waals surface area (Å²) in [6, 6.07) is 4.51. The van der Waals surface area contributed by atoms with E-state index in [1.165, 1.54) is 37.4 Å². The van der Waals surface area contributed by atoms with Crippen LogP contribution in [-0.4, -0.2) is 114 Å². The third-order valence-corrected chi connectivity index (χ3v) is 8.95. The maximum Gasteiger partial charge on any atom is 0.282 e. The molecule has 1 unspecified atom stereocenters. The van der Waals surface area contributed by atoms with E-state index < -0.39 is 5.82 Å². The fraction of sp³-hybridized carbons (Fsp3) is 0.688. The van der Waals surface area contributed by atoms with Crippen molar-refractivity contribution in [1.29, 1.82) is 0 Å². The Labute approximate surface area is 256 Å². The Hall–Kier alpha value is -2.89. The lowest BCUT2D eigenvalue weighted by atomic mass is 9.79. The van der Waals surface area contributed by atoms with Crippen LogP contribution in [0.5, 0.6) is 11.6 Å². The van der Waals surface area contributed by atoms with Gasteiger partial charge in [0.15, 0.2) is 5.82 Å². The van der Waals surface area contributed by atoms with E-state index in [-0.39, 0.29) is 34.6 Å². The van der Waals surface area contributed by atoms with Crippen LogP contribution in [0.25, 0.3) is 0 Å². The molecule has 2 aliphatic heterocycles. The summed E-state index contributed by atoms with van der Waals surface area (Å²) in [5.41, 5.74) is 0.365. The molecule has 3 heterocycles. The van der Waals surface area contributed by atoms with Gasteiger partial charge in [-0.2, -0.15) is 0 Å². The average Bonchev–Trinajstić information content (AvgIpc) is 3.40. The van der Waals surface area contributed by atoms with E-state index >= 15 is 0 Å². The van der Waals surface area contributed by atoms with Crippen LogP contribution in [0.15, 0.2) is 24.5 Å². The van der Waals surface area contributed by atoms with Crippen LogP contribution < -0.4 is 9.64 Å². The number of benzene rings is 1. The Morgan fingerprint density at radius 2 is 1.93 bits per heavy atom. The summed E-state index contributed by atoms with van der Waals surface area (Å²) in [6.45, 7) is 17.6. The number of aromatic nitrogens is 3. The zero-order chi connectivity index (χ0) is 31.1. The quantitative estimate of drug-likeness (QED) is 0.292. The van der Waals surface area contributed by atoms with Crippen LogP contribution in [0.1, 0.15) is 64.2 Å². The zero-order valence-electron chi connectivity index (χ0n) is 27.1. The Balaban J connectivity index is 1.41. The minimum Gasteiger partial charge on any atom is -0.434 e. The Morgan fingerprint density at radius 1 is 1.16 bits per heavy atom. The molecule has 2 aromatic rings. The van der Waals surface area contributed by atoms with E-state index in [9.17, 15) is 9.18 Å². The van der Waals surface area contributed by atoms with Crippen molar-refractivity contribution in [3.05, 3.63) is 35.9 Å². The van der Waals surface area contributed by atoms with Gasteiger partial charge in [0.1, 0.15) is 17.9 Å². The average molecular weight is 600 g/mol. The number of carbonyl (C=O) groups excluding carboxylic acids is 1. The van der Waals surface area contributed by atoms with Gasteiger partial charge in [0, 0.05) is 57.3 Å². The van der Waals surface area contributed by atoms with Crippen LogP contribution in [0, 0.1) is 17.2 Å². The minimum atomic E-state index is -0.499. The number of hydrogen-bond acceptors (Lipinski definition) is 9. The topological polar surface area (TPSA) is 87.2 Å². The molecule has 10 nitrogen and oxygen atoms in total. The van der Waals surface area contributed by atoms with Crippen molar-refractivity contribution >= 4 is 11.7 Å². The minimum absolute atomic E-state index is 0.0388. The first-order chi connectivity index (χ1) is 20.6. The number of rotatable bonds is 15. The van der Waals surface area contributed by atoms with Crippen molar-refractivity contribution in [2.45, 2.75) is 66.0 Å². The van der Waals surface area contributed by atoms with Crippen molar-refractivity contribution in [2.24, 2.45) is 11.3 Å². The normalized spacial score (nSPS) is 17.2. The van der Waals surface area contributed by atoms with E-state index in [0.717, 1.165) is 52.3 Å².